The molecule has 0 saturated carbocycles. The number of aryl methyl sites for hydroxylation is 1. The monoisotopic (exact) mass is 526 g/mol. The Bertz CT molecular complexity index is 1420. The lowest BCUT2D eigenvalue weighted by molar-refractivity contribution is -0.117. The summed E-state index contributed by atoms with van der Waals surface area (Å²) in [6.45, 7) is 2.72. The molecule has 0 bridgehead atoms. The van der Waals surface area contributed by atoms with Crippen molar-refractivity contribution in [3.8, 4) is 11.1 Å². The molecule has 0 fully saturated rings. The van der Waals surface area contributed by atoms with Gasteiger partial charge in [-0.2, -0.15) is 0 Å². The van der Waals surface area contributed by atoms with Gasteiger partial charge in [0.15, 0.2) is 0 Å². The molecule has 7 heteroatoms. The van der Waals surface area contributed by atoms with Crippen molar-refractivity contribution in [3.05, 3.63) is 119 Å². The van der Waals surface area contributed by atoms with Crippen LogP contribution < -0.4 is 16.0 Å². The number of hydrogen-bond donors (Lipinski definition) is 2. The van der Waals surface area contributed by atoms with Crippen molar-refractivity contribution in [2.45, 2.75) is 19.5 Å². The first kappa shape index (κ1) is 26.9. The van der Waals surface area contributed by atoms with E-state index in [9.17, 15) is 9.59 Å². The van der Waals surface area contributed by atoms with Crippen molar-refractivity contribution in [2.24, 2.45) is 5.73 Å². The molecule has 0 aromatic heterocycles. The molecule has 0 heterocycles. The number of halogens is 1. The molecular weight excluding hydrogens is 496 g/mol. The SMILES string of the molecule is Cc1ccccc1C(C(=O)Nc1ccc(-c2ccccc2CN(C)C)cc1)N(C(N)=O)c1ccc(Cl)cc1. The van der Waals surface area contributed by atoms with Crippen LogP contribution in [0, 0.1) is 6.92 Å². The normalized spacial score (nSPS) is 11.7. The van der Waals surface area contributed by atoms with Crippen LogP contribution in [0.5, 0.6) is 0 Å². The van der Waals surface area contributed by atoms with E-state index in [0.29, 0.717) is 22.0 Å². The number of anilines is 2. The van der Waals surface area contributed by atoms with Crippen LogP contribution in [-0.4, -0.2) is 30.9 Å². The van der Waals surface area contributed by atoms with Crippen molar-refractivity contribution < 1.29 is 9.59 Å². The van der Waals surface area contributed by atoms with Crippen molar-refractivity contribution >= 4 is 34.9 Å². The molecule has 38 heavy (non-hydrogen) atoms. The Morgan fingerprint density at radius 2 is 1.50 bits per heavy atom. The zero-order chi connectivity index (χ0) is 27.2. The Morgan fingerprint density at radius 1 is 0.868 bits per heavy atom. The lowest BCUT2D eigenvalue weighted by Crippen LogP contribution is -2.44. The fraction of sp³-hybridized carbons (Fsp3) is 0.161. The van der Waals surface area contributed by atoms with E-state index in [1.54, 1.807) is 24.3 Å². The van der Waals surface area contributed by atoms with E-state index in [2.05, 4.69) is 22.3 Å². The maximum absolute atomic E-state index is 13.8. The van der Waals surface area contributed by atoms with Gasteiger partial charge in [-0.1, -0.05) is 72.3 Å². The summed E-state index contributed by atoms with van der Waals surface area (Å²) in [4.78, 5) is 29.9. The third kappa shape index (κ3) is 6.22. The summed E-state index contributed by atoms with van der Waals surface area (Å²) < 4.78 is 0. The van der Waals surface area contributed by atoms with Gasteiger partial charge in [-0.05, 0) is 85.2 Å². The number of carbonyl (C=O) groups excluding carboxylic acids is 2. The van der Waals surface area contributed by atoms with E-state index >= 15 is 0 Å². The second-order valence-electron chi connectivity index (χ2n) is 9.41. The van der Waals surface area contributed by atoms with Crippen molar-refractivity contribution in [1.29, 1.82) is 0 Å². The third-order valence-electron chi connectivity index (χ3n) is 6.30. The summed E-state index contributed by atoms with van der Waals surface area (Å²) in [5.41, 5.74) is 11.9. The molecule has 3 N–H and O–H groups in total. The van der Waals surface area contributed by atoms with Gasteiger partial charge in [0.2, 0.25) is 0 Å². The zero-order valence-electron chi connectivity index (χ0n) is 21.7. The van der Waals surface area contributed by atoms with Crippen molar-refractivity contribution in [3.63, 3.8) is 0 Å². The molecule has 194 valence electrons. The molecular formula is C31H31ClN4O2. The Hall–Kier alpha value is -4.13. The van der Waals surface area contributed by atoms with E-state index in [1.165, 1.54) is 10.5 Å². The van der Waals surface area contributed by atoms with Crippen LogP contribution >= 0.6 is 11.6 Å². The van der Waals surface area contributed by atoms with Crippen molar-refractivity contribution in [1.82, 2.24) is 4.90 Å². The Balaban J connectivity index is 1.67. The number of carbonyl (C=O) groups is 2. The van der Waals surface area contributed by atoms with E-state index in [1.807, 2.05) is 81.7 Å². The minimum absolute atomic E-state index is 0.381. The summed E-state index contributed by atoms with van der Waals surface area (Å²) >= 11 is 6.06. The Labute approximate surface area is 228 Å². The van der Waals surface area contributed by atoms with Gasteiger partial charge in [0.25, 0.3) is 5.91 Å². The molecule has 4 aromatic carbocycles. The lowest BCUT2D eigenvalue weighted by atomic mass is 9.98. The number of hydrogen-bond acceptors (Lipinski definition) is 3. The van der Waals surface area contributed by atoms with Gasteiger partial charge in [-0.25, -0.2) is 4.79 Å². The standard InChI is InChI=1S/C31H31ClN4O2/c1-21-8-4-6-10-27(21)29(36(31(33)38)26-18-14-24(32)15-19-26)30(37)34-25-16-12-22(13-17-25)28-11-7-5-9-23(28)20-35(2)3/h4-19,29H,20H2,1-3H3,(H2,33,38)(H,34,37). The molecule has 0 saturated heterocycles. The van der Waals surface area contributed by atoms with Crippen LogP contribution in [0.2, 0.25) is 5.02 Å². The Morgan fingerprint density at radius 3 is 2.13 bits per heavy atom. The van der Waals surface area contributed by atoms with E-state index < -0.39 is 12.1 Å². The number of nitrogens with zero attached hydrogens (tertiary/aromatic N) is 2. The average Bonchev–Trinajstić information content (AvgIpc) is 2.89. The molecule has 0 aliphatic heterocycles. The number of amides is 3. The fourth-order valence-corrected chi connectivity index (χ4v) is 4.65. The predicted octanol–water partition coefficient (Wildman–Crippen LogP) is 6.64. The number of primary amides is 1. The smallest absolute Gasteiger partial charge is 0.320 e. The second-order valence-corrected chi connectivity index (χ2v) is 9.84. The summed E-state index contributed by atoms with van der Waals surface area (Å²) in [6.07, 6.45) is 0. The second kappa shape index (κ2) is 11.9. The largest absolute Gasteiger partial charge is 0.351 e. The topological polar surface area (TPSA) is 78.7 Å². The van der Waals surface area contributed by atoms with E-state index in [4.69, 9.17) is 17.3 Å². The highest BCUT2D eigenvalue weighted by Crippen LogP contribution is 2.32. The van der Waals surface area contributed by atoms with Gasteiger partial charge in [-0.3, -0.25) is 9.69 Å². The molecule has 4 aromatic rings. The number of benzene rings is 4. The minimum atomic E-state index is -0.990. The highest BCUT2D eigenvalue weighted by Gasteiger charge is 2.32. The number of nitrogens with one attached hydrogen (secondary N) is 1. The van der Waals surface area contributed by atoms with Gasteiger partial charge >= 0.3 is 6.03 Å². The van der Waals surface area contributed by atoms with Crippen LogP contribution in [0.1, 0.15) is 22.7 Å². The number of urea groups is 1. The van der Waals surface area contributed by atoms with E-state index in [-0.39, 0.29) is 5.91 Å². The van der Waals surface area contributed by atoms with E-state index in [0.717, 1.165) is 23.2 Å². The van der Waals surface area contributed by atoms with Gasteiger partial charge in [-0.15, -0.1) is 0 Å². The number of rotatable bonds is 8. The van der Waals surface area contributed by atoms with Crippen molar-refractivity contribution in [2.75, 3.05) is 24.3 Å². The molecule has 4 rings (SSSR count). The maximum atomic E-state index is 13.8. The van der Waals surface area contributed by atoms with Crippen LogP contribution in [0.4, 0.5) is 16.2 Å². The van der Waals surface area contributed by atoms with Gasteiger partial charge in [0.05, 0.1) is 0 Å². The molecule has 1 unspecified atom stereocenters. The molecule has 6 nitrogen and oxygen atoms in total. The average molecular weight is 527 g/mol. The summed E-state index contributed by atoms with van der Waals surface area (Å²) in [6, 6.07) is 28.3. The molecule has 0 aliphatic carbocycles. The number of nitrogens with two attached hydrogens (primary N) is 1. The predicted molar refractivity (Wildman–Crippen MR) is 155 cm³/mol. The fourth-order valence-electron chi connectivity index (χ4n) is 4.52. The van der Waals surface area contributed by atoms with Gasteiger partial charge < -0.3 is 16.0 Å². The minimum Gasteiger partial charge on any atom is -0.351 e. The van der Waals surface area contributed by atoms with Crippen LogP contribution in [0.25, 0.3) is 11.1 Å². The van der Waals surface area contributed by atoms with Gasteiger partial charge in [0, 0.05) is 22.9 Å². The highest BCUT2D eigenvalue weighted by molar-refractivity contribution is 6.30. The quantitative estimate of drug-likeness (QED) is 0.270. The van der Waals surface area contributed by atoms with Crippen LogP contribution in [0.15, 0.2) is 97.1 Å². The lowest BCUT2D eigenvalue weighted by Gasteiger charge is -2.31. The van der Waals surface area contributed by atoms with Crippen LogP contribution in [0.3, 0.4) is 0 Å². The molecule has 0 radical (unpaired) electrons. The first-order chi connectivity index (χ1) is 18.2. The molecule has 3 amide bonds. The third-order valence-corrected chi connectivity index (χ3v) is 6.55. The van der Waals surface area contributed by atoms with Crippen LogP contribution in [-0.2, 0) is 11.3 Å². The molecule has 0 spiro atoms. The zero-order valence-corrected chi connectivity index (χ0v) is 22.4. The summed E-state index contributed by atoms with van der Waals surface area (Å²) in [5.74, 6) is -0.381. The Kier molecular flexibility index (Phi) is 8.46. The first-order valence-corrected chi connectivity index (χ1v) is 12.7. The maximum Gasteiger partial charge on any atom is 0.320 e. The highest BCUT2D eigenvalue weighted by atomic mass is 35.5. The molecule has 0 aliphatic rings. The molecule has 1 atom stereocenters. The summed E-state index contributed by atoms with van der Waals surface area (Å²) in [7, 11) is 4.08. The summed E-state index contributed by atoms with van der Waals surface area (Å²) in [5, 5.41) is 3.50. The first-order valence-electron chi connectivity index (χ1n) is 12.3. The van der Waals surface area contributed by atoms with Gasteiger partial charge in [0.1, 0.15) is 6.04 Å².